The molecule has 2 N–H and O–H groups in total. The van der Waals surface area contributed by atoms with Crippen molar-refractivity contribution >= 4 is 46.4 Å². The van der Waals surface area contributed by atoms with Crippen LogP contribution >= 0.6 is 34.8 Å². The van der Waals surface area contributed by atoms with Crippen LogP contribution in [0.3, 0.4) is 0 Å². The van der Waals surface area contributed by atoms with Gasteiger partial charge >= 0.3 is 6.18 Å². The molecule has 3 nitrogen and oxygen atoms in total. The monoisotopic (exact) mass is 501 g/mol. The SMILES string of the molecule is C[NH+](Cc1cccc(Cl)c1Cl)[C@@H](C(=O)Nc1ccc(Cl)c(C(F)(F)F)c1)c1ccccc1. The van der Waals surface area contributed by atoms with Gasteiger partial charge in [0.1, 0.15) is 6.54 Å². The van der Waals surface area contributed by atoms with Gasteiger partial charge in [-0.2, -0.15) is 13.2 Å². The molecule has 0 fully saturated rings. The van der Waals surface area contributed by atoms with Crippen molar-refractivity contribution in [2.45, 2.75) is 18.8 Å². The Morgan fingerprint density at radius 1 is 0.969 bits per heavy atom. The van der Waals surface area contributed by atoms with Crippen LogP contribution in [0.1, 0.15) is 22.7 Å². The van der Waals surface area contributed by atoms with Gasteiger partial charge in [-0.05, 0) is 24.3 Å². The Morgan fingerprint density at radius 3 is 2.31 bits per heavy atom. The van der Waals surface area contributed by atoms with Crippen molar-refractivity contribution in [3.63, 3.8) is 0 Å². The van der Waals surface area contributed by atoms with Crippen LogP contribution in [0.5, 0.6) is 0 Å². The summed E-state index contributed by atoms with van der Waals surface area (Å²) in [7, 11) is 1.80. The van der Waals surface area contributed by atoms with Crippen LogP contribution in [0.2, 0.25) is 15.1 Å². The molecule has 9 heteroatoms. The summed E-state index contributed by atoms with van der Waals surface area (Å²) in [6, 6.07) is 16.8. The van der Waals surface area contributed by atoms with Crippen molar-refractivity contribution in [2.75, 3.05) is 12.4 Å². The Balaban J connectivity index is 1.91. The Morgan fingerprint density at radius 2 is 1.66 bits per heavy atom. The molecule has 3 aromatic carbocycles. The highest BCUT2D eigenvalue weighted by Crippen LogP contribution is 2.36. The van der Waals surface area contributed by atoms with Gasteiger partial charge in [-0.15, -0.1) is 0 Å². The standard InChI is InChI=1S/C23H18Cl3F3N2O/c1-31(13-15-8-5-9-19(25)20(15)26)21(14-6-3-2-4-7-14)22(32)30-16-10-11-18(24)17(12-16)23(27,28)29/h2-12,21H,13H2,1H3,(H,30,32)/p+1/t21-/m1/s1. The van der Waals surface area contributed by atoms with Gasteiger partial charge in [-0.25, -0.2) is 0 Å². The van der Waals surface area contributed by atoms with E-state index in [0.29, 0.717) is 22.2 Å². The van der Waals surface area contributed by atoms with Gasteiger partial charge in [0, 0.05) is 16.8 Å². The van der Waals surface area contributed by atoms with Gasteiger partial charge in [0.05, 0.1) is 27.7 Å². The van der Waals surface area contributed by atoms with E-state index < -0.39 is 28.7 Å². The number of hydrogen-bond acceptors (Lipinski definition) is 1. The number of carbonyl (C=O) groups is 1. The lowest BCUT2D eigenvalue weighted by molar-refractivity contribution is -0.915. The van der Waals surface area contributed by atoms with Gasteiger partial charge in [-0.3, -0.25) is 4.79 Å². The summed E-state index contributed by atoms with van der Waals surface area (Å²) < 4.78 is 39.6. The van der Waals surface area contributed by atoms with Gasteiger partial charge in [0.2, 0.25) is 0 Å². The van der Waals surface area contributed by atoms with Crippen LogP contribution in [0.25, 0.3) is 0 Å². The highest BCUT2D eigenvalue weighted by molar-refractivity contribution is 6.42. The van der Waals surface area contributed by atoms with Crippen LogP contribution in [-0.4, -0.2) is 13.0 Å². The van der Waals surface area contributed by atoms with Crippen LogP contribution < -0.4 is 10.2 Å². The second kappa shape index (κ2) is 10.1. The summed E-state index contributed by atoms with van der Waals surface area (Å²) >= 11 is 18.1. The molecule has 3 rings (SSSR count). The van der Waals surface area contributed by atoms with E-state index in [1.165, 1.54) is 6.07 Å². The molecular weight excluding hydrogens is 484 g/mol. The van der Waals surface area contributed by atoms with Crippen LogP contribution in [0.4, 0.5) is 18.9 Å². The van der Waals surface area contributed by atoms with Gasteiger partial charge in [0.15, 0.2) is 6.04 Å². The largest absolute Gasteiger partial charge is 0.417 e. The molecule has 0 aromatic heterocycles. The molecule has 1 unspecified atom stereocenters. The fraction of sp³-hybridized carbons (Fsp3) is 0.174. The third kappa shape index (κ3) is 5.75. The minimum atomic E-state index is -4.64. The number of amides is 1. The number of carbonyl (C=O) groups excluding carboxylic acids is 1. The third-order valence-electron chi connectivity index (χ3n) is 4.93. The minimum Gasteiger partial charge on any atom is -0.321 e. The first kappa shape index (κ1) is 24.4. The molecule has 1 amide bonds. The van der Waals surface area contributed by atoms with Gasteiger partial charge in [0.25, 0.3) is 5.91 Å². The number of rotatable bonds is 6. The lowest BCUT2D eigenvalue weighted by Gasteiger charge is -2.25. The third-order valence-corrected chi connectivity index (χ3v) is 6.12. The molecule has 168 valence electrons. The lowest BCUT2D eigenvalue weighted by atomic mass is 10.0. The van der Waals surface area contributed by atoms with E-state index >= 15 is 0 Å². The van der Waals surface area contributed by atoms with E-state index in [4.69, 9.17) is 34.8 Å². The molecule has 3 aromatic rings. The first-order valence-electron chi connectivity index (χ1n) is 9.55. The molecule has 0 aliphatic carbocycles. The van der Waals surface area contributed by atoms with Gasteiger partial charge < -0.3 is 10.2 Å². The average Bonchev–Trinajstić information content (AvgIpc) is 2.73. The number of alkyl halides is 3. The highest BCUT2D eigenvalue weighted by Gasteiger charge is 2.34. The van der Waals surface area contributed by atoms with E-state index in [0.717, 1.165) is 22.6 Å². The maximum absolute atomic E-state index is 13.2. The van der Waals surface area contributed by atoms with Crippen molar-refractivity contribution in [2.24, 2.45) is 0 Å². The molecule has 0 radical (unpaired) electrons. The van der Waals surface area contributed by atoms with E-state index in [1.54, 1.807) is 43.4 Å². The maximum Gasteiger partial charge on any atom is 0.417 e. The molecule has 2 atom stereocenters. The number of anilines is 1. The quantitative estimate of drug-likeness (QED) is 0.422. The number of quaternary nitrogens is 1. The van der Waals surface area contributed by atoms with Crippen molar-refractivity contribution < 1.29 is 22.9 Å². The lowest BCUT2D eigenvalue weighted by Crippen LogP contribution is -3.09. The Hall–Kier alpha value is -2.25. The van der Waals surface area contributed by atoms with Crippen LogP contribution in [-0.2, 0) is 17.5 Å². The molecule has 0 saturated heterocycles. The first-order valence-corrected chi connectivity index (χ1v) is 10.7. The van der Waals surface area contributed by atoms with E-state index in [-0.39, 0.29) is 5.69 Å². The Kier molecular flexibility index (Phi) is 7.72. The number of hydrogen-bond donors (Lipinski definition) is 2. The number of nitrogens with one attached hydrogen (secondary N) is 2. The summed E-state index contributed by atoms with van der Waals surface area (Å²) in [6.45, 7) is 0.362. The fourth-order valence-electron chi connectivity index (χ4n) is 3.43. The average molecular weight is 503 g/mol. The van der Waals surface area contributed by atoms with E-state index in [1.807, 2.05) is 12.1 Å². The second-order valence-corrected chi connectivity index (χ2v) is 8.45. The van der Waals surface area contributed by atoms with Crippen LogP contribution in [0.15, 0.2) is 66.7 Å². The topological polar surface area (TPSA) is 33.5 Å². The van der Waals surface area contributed by atoms with Gasteiger partial charge in [-0.1, -0.05) is 77.3 Å². The molecule has 0 spiro atoms. The predicted octanol–water partition coefficient (Wildman–Crippen LogP) is 6.06. The van der Waals surface area contributed by atoms with Crippen molar-refractivity contribution in [1.82, 2.24) is 0 Å². The number of halogens is 6. The van der Waals surface area contributed by atoms with Crippen molar-refractivity contribution in [1.29, 1.82) is 0 Å². The second-order valence-electron chi connectivity index (χ2n) is 7.26. The summed E-state index contributed by atoms with van der Waals surface area (Å²) in [5, 5.41) is 2.96. The fourth-order valence-corrected chi connectivity index (χ4v) is 4.04. The zero-order chi connectivity index (χ0) is 23.5. The molecule has 0 heterocycles. The summed E-state index contributed by atoms with van der Waals surface area (Å²) in [5.41, 5.74) is 0.433. The van der Waals surface area contributed by atoms with E-state index in [2.05, 4.69) is 5.32 Å². The molecule has 0 aliphatic heterocycles. The van der Waals surface area contributed by atoms with Crippen LogP contribution in [0, 0.1) is 0 Å². The molecule has 0 aliphatic rings. The van der Waals surface area contributed by atoms with E-state index in [9.17, 15) is 18.0 Å². The van der Waals surface area contributed by atoms with Crippen molar-refractivity contribution in [3.8, 4) is 0 Å². The zero-order valence-corrected chi connectivity index (χ0v) is 19.1. The highest BCUT2D eigenvalue weighted by atomic mass is 35.5. The predicted molar refractivity (Wildman–Crippen MR) is 121 cm³/mol. The number of likely N-dealkylation sites (N-methyl/N-ethyl adjacent to an activating group) is 1. The smallest absolute Gasteiger partial charge is 0.321 e. The zero-order valence-electron chi connectivity index (χ0n) is 16.8. The molecular formula is C23H19Cl3F3N2O+. The Labute approximate surface area is 198 Å². The molecule has 0 bridgehead atoms. The normalized spacial score (nSPS) is 13.5. The summed E-state index contributed by atoms with van der Waals surface area (Å²) in [4.78, 5) is 14.0. The Bertz CT molecular complexity index is 1110. The number of benzene rings is 3. The first-order chi connectivity index (χ1) is 15.1. The minimum absolute atomic E-state index is 0.00115. The molecule has 0 saturated carbocycles. The summed E-state index contributed by atoms with van der Waals surface area (Å²) in [5.74, 6) is -0.470. The summed E-state index contributed by atoms with van der Waals surface area (Å²) in [6.07, 6.45) is -4.64. The maximum atomic E-state index is 13.2. The van der Waals surface area contributed by atoms with Crippen molar-refractivity contribution in [3.05, 3.63) is 98.5 Å². The molecule has 32 heavy (non-hydrogen) atoms.